The maximum atomic E-state index is 12.6. The van der Waals surface area contributed by atoms with Crippen LogP contribution >= 0.6 is 27.3 Å². The monoisotopic (exact) mass is 382 g/mol. The topological polar surface area (TPSA) is 86.7 Å². The number of halogens is 1. The quantitative estimate of drug-likeness (QED) is 0.825. The second-order valence-electron chi connectivity index (χ2n) is 4.56. The number of hydrogen-bond donors (Lipinski definition) is 2. The Kier molecular flexibility index (Phi) is 4.85. The van der Waals surface area contributed by atoms with Gasteiger partial charge in [-0.25, -0.2) is 13.2 Å². The van der Waals surface area contributed by atoms with E-state index >= 15 is 0 Å². The molecular weight excluding hydrogens is 368 g/mol. The number of rotatable bonds is 4. The molecule has 1 aromatic rings. The van der Waals surface area contributed by atoms with Gasteiger partial charge < -0.3 is 10.4 Å². The van der Waals surface area contributed by atoms with Gasteiger partial charge in [0.2, 0.25) is 10.0 Å². The lowest BCUT2D eigenvalue weighted by Crippen LogP contribution is -2.43. The molecule has 0 atom stereocenters. The summed E-state index contributed by atoms with van der Waals surface area (Å²) >= 11 is 4.06. The molecule has 1 fully saturated rings. The van der Waals surface area contributed by atoms with Crippen LogP contribution in [-0.4, -0.2) is 50.0 Å². The molecule has 1 aliphatic rings. The van der Waals surface area contributed by atoms with Crippen molar-refractivity contribution >= 4 is 43.3 Å². The van der Waals surface area contributed by atoms with Crippen molar-refractivity contribution in [2.45, 2.75) is 23.8 Å². The summed E-state index contributed by atoms with van der Waals surface area (Å²) in [5.74, 6) is -1.12. The third kappa shape index (κ3) is 3.06. The van der Waals surface area contributed by atoms with Crippen LogP contribution in [-0.2, 0) is 10.0 Å². The Morgan fingerprint density at radius 3 is 2.60 bits per heavy atom. The van der Waals surface area contributed by atoms with E-state index in [1.165, 1.54) is 10.4 Å². The first-order valence-electron chi connectivity index (χ1n) is 6.05. The van der Waals surface area contributed by atoms with Crippen LogP contribution in [0.25, 0.3) is 0 Å². The minimum Gasteiger partial charge on any atom is -0.477 e. The number of hydrogen-bond acceptors (Lipinski definition) is 5. The van der Waals surface area contributed by atoms with E-state index < -0.39 is 16.0 Å². The van der Waals surface area contributed by atoms with Gasteiger partial charge in [-0.1, -0.05) is 0 Å². The van der Waals surface area contributed by atoms with Crippen molar-refractivity contribution < 1.29 is 18.3 Å². The molecule has 1 aliphatic heterocycles. The molecular formula is C11H15BrN2O4S2. The summed E-state index contributed by atoms with van der Waals surface area (Å²) in [5.41, 5.74) is 0. The zero-order valence-electron chi connectivity index (χ0n) is 10.8. The fourth-order valence-corrected chi connectivity index (χ4v) is 5.92. The molecule has 2 rings (SSSR count). The molecule has 0 radical (unpaired) electrons. The Hall–Kier alpha value is -0.480. The number of piperidine rings is 1. The Bertz CT molecular complexity index is 608. The van der Waals surface area contributed by atoms with Gasteiger partial charge >= 0.3 is 5.97 Å². The van der Waals surface area contributed by atoms with E-state index in [1.807, 2.05) is 0 Å². The third-order valence-corrected chi connectivity index (χ3v) is 7.50. The van der Waals surface area contributed by atoms with E-state index in [9.17, 15) is 13.2 Å². The average molecular weight is 383 g/mol. The second-order valence-corrected chi connectivity index (χ2v) is 8.89. The smallest absolute Gasteiger partial charge is 0.345 e. The van der Waals surface area contributed by atoms with E-state index in [0.29, 0.717) is 3.79 Å². The van der Waals surface area contributed by atoms with Gasteiger partial charge in [0.15, 0.2) is 0 Å². The van der Waals surface area contributed by atoms with Crippen LogP contribution in [0.5, 0.6) is 0 Å². The molecule has 0 amide bonds. The zero-order chi connectivity index (χ0) is 14.9. The summed E-state index contributed by atoms with van der Waals surface area (Å²) < 4.78 is 26.8. The molecule has 6 nitrogen and oxygen atoms in total. The molecule has 1 aromatic heterocycles. The minimum absolute atomic E-state index is 0.00848. The second kappa shape index (κ2) is 6.10. The van der Waals surface area contributed by atoms with Gasteiger partial charge in [-0.15, -0.1) is 11.3 Å². The van der Waals surface area contributed by atoms with E-state index in [-0.39, 0.29) is 15.8 Å². The van der Waals surface area contributed by atoms with Crippen LogP contribution in [0.4, 0.5) is 0 Å². The summed E-state index contributed by atoms with van der Waals surface area (Å²) in [6.07, 6.45) is 1.51. The van der Waals surface area contributed by atoms with Gasteiger partial charge in [-0.05, 0) is 47.9 Å². The summed E-state index contributed by atoms with van der Waals surface area (Å²) in [6.45, 7) is 1.57. The van der Waals surface area contributed by atoms with Crippen molar-refractivity contribution in [3.63, 3.8) is 0 Å². The highest BCUT2D eigenvalue weighted by molar-refractivity contribution is 9.11. The van der Waals surface area contributed by atoms with Crippen LogP contribution < -0.4 is 5.32 Å². The van der Waals surface area contributed by atoms with Gasteiger partial charge in [0.25, 0.3) is 0 Å². The van der Waals surface area contributed by atoms with E-state index in [2.05, 4.69) is 21.2 Å². The largest absolute Gasteiger partial charge is 0.477 e. The first-order valence-corrected chi connectivity index (χ1v) is 9.10. The molecule has 0 spiro atoms. The van der Waals surface area contributed by atoms with Crippen LogP contribution in [0.1, 0.15) is 22.5 Å². The fourth-order valence-electron chi connectivity index (χ4n) is 2.16. The van der Waals surface area contributed by atoms with Crippen LogP contribution in [0.2, 0.25) is 0 Å². The number of carbonyl (C=O) groups is 1. The van der Waals surface area contributed by atoms with Crippen molar-refractivity contribution in [1.82, 2.24) is 9.62 Å². The molecule has 0 bridgehead atoms. The number of nitrogens with zero attached hydrogens (tertiary/aromatic N) is 1. The van der Waals surface area contributed by atoms with Crippen LogP contribution in [0, 0.1) is 0 Å². The normalized spacial score (nSPS) is 17.6. The maximum absolute atomic E-state index is 12.6. The van der Waals surface area contributed by atoms with Gasteiger partial charge in [0.05, 0.1) is 3.79 Å². The molecule has 0 aliphatic carbocycles. The Balaban J connectivity index is 2.31. The molecule has 2 N–H and O–H groups in total. The first kappa shape index (κ1) is 15.9. The van der Waals surface area contributed by atoms with Crippen molar-refractivity contribution in [1.29, 1.82) is 0 Å². The highest BCUT2D eigenvalue weighted by atomic mass is 79.9. The summed E-state index contributed by atoms with van der Waals surface area (Å²) in [7, 11) is -2.12. The van der Waals surface area contributed by atoms with Crippen LogP contribution in [0.3, 0.4) is 0 Å². The Morgan fingerprint density at radius 1 is 1.50 bits per heavy atom. The number of carboxylic acid groups (broad SMARTS) is 1. The van der Waals surface area contributed by atoms with Crippen molar-refractivity contribution in [3.05, 3.63) is 14.7 Å². The number of nitrogens with one attached hydrogen (secondary N) is 1. The lowest BCUT2D eigenvalue weighted by Gasteiger charge is -2.30. The summed E-state index contributed by atoms with van der Waals surface area (Å²) in [5, 5.41) is 12.1. The van der Waals surface area contributed by atoms with E-state index in [1.54, 1.807) is 7.05 Å². The molecule has 20 heavy (non-hydrogen) atoms. The molecule has 1 saturated heterocycles. The lowest BCUT2D eigenvalue weighted by molar-refractivity contribution is 0.0702. The lowest BCUT2D eigenvalue weighted by atomic mass is 10.1. The number of sulfonamides is 1. The summed E-state index contributed by atoms with van der Waals surface area (Å²) in [6, 6.07) is 1.16. The highest BCUT2D eigenvalue weighted by Gasteiger charge is 2.32. The zero-order valence-corrected chi connectivity index (χ0v) is 14.0. The molecule has 112 valence electrons. The molecule has 0 aromatic carbocycles. The maximum Gasteiger partial charge on any atom is 0.345 e. The standard InChI is InChI=1S/C11H15BrN2O4S2/c1-14(7-2-4-13-5-3-7)20(17,18)9-6-8(11(15)16)19-10(9)12/h6-7,13H,2-5H2,1H3,(H,15,16). The number of aromatic carboxylic acids is 1. The average Bonchev–Trinajstić information content (AvgIpc) is 2.82. The number of carboxylic acids is 1. The fraction of sp³-hybridized carbons (Fsp3) is 0.545. The Labute approximate surface area is 130 Å². The van der Waals surface area contributed by atoms with Gasteiger partial charge in [-0.2, -0.15) is 4.31 Å². The molecule has 0 saturated carbocycles. The van der Waals surface area contributed by atoms with E-state index in [0.717, 1.165) is 37.3 Å². The predicted molar refractivity (Wildman–Crippen MR) is 79.8 cm³/mol. The Morgan fingerprint density at radius 2 is 2.10 bits per heavy atom. The third-order valence-electron chi connectivity index (χ3n) is 3.35. The molecule has 2 heterocycles. The molecule has 0 unspecified atom stereocenters. The summed E-state index contributed by atoms with van der Waals surface area (Å²) in [4.78, 5) is 11.0. The van der Waals surface area contributed by atoms with Gasteiger partial charge in [-0.3, -0.25) is 0 Å². The van der Waals surface area contributed by atoms with E-state index in [4.69, 9.17) is 5.11 Å². The minimum atomic E-state index is -3.68. The predicted octanol–water partition coefficient (Wildman–Crippen LogP) is 1.58. The van der Waals surface area contributed by atoms with Crippen molar-refractivity contribution in [2.24, 2.45) is 0 Å². The van der Waals surface area contributed by atoms with Gasteiger partial charge in [0, 0.05) is 13.1 Å². The SMILES string of the molecule is CN(C1CCNCC1)S(=O)(=O)c1cc(C(=O)O)sc1Br. The first-order chi connectivity index (χ1) is 9.34. The molecule has 9 heteroatoms. The van der Waals surface area contributed by atoms with Crippen molar-refractivity contribution in [2.75, 3.05) is 20.1 Å². The number of thiophene rings is 1. The highest BCUT2D eigenvalue weighted by Crippen LogP contribution is 2.34. The van der Waals surface area contributed by atoms with Crippen LogP contribution in [0.15, 0.2) is 14.7 Å². The van der Waals surface area contributed by atoms with Gasteiger partial charge in [0.1, 0.15) is 9.77 Å². The van der Waals surface area contributed by atoms with Crippen molar-refractivity contribution in [3.8, 4) is 0 Å².